The van der Waals surface area contributed by atoms with Gasteiger partial charge >= 0.3 is 11.9 Å². The summed E-state index contributed by atoms with van der Waals surface area (Å²) in [5, 5.41) is 10.5. The van der Waals surface area contributed by atoms with Gasteiger partial charge in [0.2, 0.25) is 5.91 Å². The van der Waals surface area contributed by atoms with Gasteiger partial charge in [-0.1, -0.05) is 6.58 Å². The molecule has 206 valence electrons. The van der Waals surface area contributed by atoms with Crippen LogP contribution in [0.1, 0.15) is 12.5 Å². The quantitative estimate of drug-likeness (QED) is 0.381. The Balaban J connectivity index is 1.83. The van der Waals surface area contributed by atoms with Crippen molar-refractivity contribution in [3.05, 3.63) is 64.6 Å². The van der Waals surface area contributed by atoms with Gasteiger partial charge in [-0.15, -0.1) is 11.8 Å². The first-order valence-corrected chi connectivity index (χ1v) is 13.0. The predicted octanol–water partition coefficient (Wildman–Crippen LogP) is 4.05. The SMILES string of the molecule is C=CC(=O)N1CCN(c2nc(=O)n3c4c(c(-c5ccc(F)cc5F)c(C(F)(F)F)cc24)SC[C@@H](O)C3)[C@@H](C)C1. The molecule has 0 saturated carbocycles. The largest absolute Gasteiger partial charge is 0.417 e. The topological polar surface area (TPSA) is 78.7 Å². The van der Waals surface area contributed by atoms with Crippen molar-refractivity contribution in [1.82, 2.24) is 14.5 Å². The maximum Gasteiger partial charge on any atom is 0.417 e. The number of thioether (sulfide) groups is 1. The average molecular weight is 567 g/mol. The highest BCUT2D eigenvalue weighted by molar-refractivity contribution is 7.99. The van der Waals surface area contributed by atoms with Crippen LogP contribution in [0, 0.1) is 11.6 Å². The smallest absolute Gasteiger partial charge is 0.390 e. The number of rotatable bonds is 3. The van der Waals surface area contributed by atoms with Crippen LogP contribution in [0.2, 0.25) is 0 Å². The predicted molar refractivity (Wildman–Crippen MR) is 137 cm³/mol. The van der Waals surface area contributed by atoms with Crippen molar-refractivity contribution in [2.75, 3.05) is 30.3 Å². The van der Waals surface area contributed by atoms with E-state index >= 15 is 0 Å². The molecule has 3 heterocycles. The highest BCUT2D eigenvalue weighted by Gasteiger charge is 2.39. The van der Waals surface area contributed by atoms with Gasteiger partial charge in [0.15, 0.2) is 0 Å². The molecule has 5 rings (SSSR count). The van der Waals surface area contributed by atoms with Gasteiger partial charge in [-0.05, 0) is 31.2 Å². The van der Waals surface area contributed by atoms with E-state index < -0.39 is 52.3 Å². The van der Waals surface area contributed by atoms with Crippen molar-refractivity contribution in [2.45, 2.75) is 36.7 Å². The average Bonchev–Trinajstić information content (AvgIpc) is 3.05. The van der Waals surface area contributed by atoms with Crippen molar-refractivity contribution in [3.8, 4) is 11.1 Å². The highest BCUT2D eigenvalue weighted by Crippen LogP contribution is 2.48. The molecule has 3 aromatic rings. The molecule has 1 amide bonds. The minimum absolute atomic E-state index is 0.000132. The normalized spacial score (nSPS) is 19.8. The minimum atomic E-state index is -4.95. The van der Waals surface area contributed by atoms with Gasteiger partial charge in [0.25, 0.3) is 0 Å². The second-order valence-electron chi connectivity index (χ2n) is 9.47. The second kappa shape index (κ2) is 9.94. The molecule has 0 bridgehead atoms. The molecule has 1 aromatic heterocycles. The number of aliphatic hydroxyl groups is 1. The summed E-state index contributed by atoms with van der Waals surface area (Å²) in [7, 11) is 0. The van der Waals surface area contributed by atoms with E-state index in [0.717, 1.165) is 34.5 Å². The first-order valence-electron chi connectivity index (χ1n) is 12.0. The number of amides is 1. The number of alkyl halides is 3. The summed E-state index contributed by atoms with van der Waals surface area (Å²) in [6, 6.07) is 2.72. The number of anilines is 1. The third-order valence-corrected chi connectivity index (χ3v) is 8.14. The lowest BCUT2D eigenvalue weighted by molar-refractivity contribution is -0.137. The Labute approximate surface area is 223 Å². The van der Waals surface area contributed by atoms with Gasteiger partial charge in [0.1, 0.15) is 17.5 Å². The van der Waals surface area contributed by atoms with Crippen LogP contribution in [0.4, 0.5) is 27.8 Å². The van der Waals surface area contributed by atoms with Crippen LogP contribution in [0.15, 0.2) is 46.6 Å². The number of hydrogen-bond acceptors (Lipinski definition) is 6. The number of carbonyl (C=O) groups is 1. The number of hydrogen-bond donors (Lipinski definition) is 1. The fourth-order valence-electron chi connectivity index (χ4n) is 5.15. The van der Waals surface area contributed by atoms with Crippen molar-refractivity contribution in [1.29, 1.82) is 0 Å². The van der Waals surface area contributed by atoms with Gasteiger partial charge in [0, 0.05) is 58.9 Å². The van der Waals surface area contributed by atoms with Crippen molar-refractivity contribution >= 4 is 34.4 Å². The summed E-state index contributed by atoms with van der Waals surface area (Å²) in [4.78, 5) is 32.7. The molecule has 2 atom stereocenters. The van der Waals surface area contributed by atoms with Crippen LogP contribution in [0.5, 0.6) is 0 Å². The Morgan fingerprint density at radius 3 is 2.59 bits per heavy atom. The van der Waals surface area contributed by atoms with E-state index in [4.69, 9.17) is 0 Å². The molecule has 13 heteroatoms. The van der Waals surface area contributed by atoms with Gasteiger partial charge in [-0.25, -0.2) is 13.6 Å². The fourth-order valence-corrected chi connectivity index (χ4v) is 6.34. The Bertz CT molecular complexity index is 1560. The highest BCUT2D eigenvalue weighted by atomic mass is 32.2. The maximum atomic E-state index is 15.0. The van der Waals surface area contributed by atoms with Gasteiger partial charge < -0.3 is 14.9 Å². The van der Waals surface area contributed by atoms with E-state index in [9.17, 15) is 36.6 Å². The molecule has 2 aliphatic heterocycles. The molecule has 2 aliphatic rings. The molecule has 0 unspecified atom stereocenters. The van der Waals surface area contributed by atoms with Crippen molar-refractivity contribution in [2.24, 2.45) is 0 Å². The van der Waals surface area contributed by atoms with E-state index in [2.05, 4.69) is 11.6 Å². The standard InChI is InChI=1S/C26H23F5N4O3S/c1-3-20(37)33-6-7-34(13(2)10-33)24-17-9-18(26(29,30)31)21(16-5-4-14(27)8-19(16)28)23-22(17)35(25(38)32-24)11-15(36)12-39-23/h3-5,8-9,13,15,36H,1,6-7,10-12H2,2H3/t13-,15-/m0/s1. The summed E-state index contributed by atoms with van der Waals surface area (Å²) in [6.45, 7) is 5.65. The number of carbonyl (C=O) groups excluding carboxylic acids is 1. The Hall–Kier alpha value is -3.45. The molecule has 0 spiro atoms. The third-order valence-electron chi connectivity index (χ3n) is 6.90. The van der Waals surface area contributed by atoms with Crippen molar-refractivity contribution in [3.63, 3.8) is 0 Å². The fraction of sp³-hybridized carbons (Fsp3) is 0.346. The summed E-state index contributed by atoms with van der Waals surface area (Å²) in [5.74, 6) is -2.51. The van der Waals surface area contributed by atoms with E-state index in [1.807, 2.05) is 0 Å². The van der Waals surface area contributed by atoms with Crippen LogP contribution in [-0.2, 0) is 17.5 Å². The number of nitrogens with zero attached hydrogens (tertiary/aromatic N) is 4. The zero-order valence-corrected chi connectivity index (χ0v) is 21.5. The Kier molecular flexibility index (Phi) is 6.91. The summed E-state index contributed by atoms with van der Waals surface area (Å²) in [6.07, 6.45) is -4.87. The lowest BCUT2D eigenvalue weighted by atomic mass is 9.95. The van der Waals surface area contributed by atoms with E-state index in [1.165, 1.54) is 6.08 Å². The van der Waals surface area contributed by atoms with Crippen molar-refractivity contribution < 1.29 is 31.9 Å². The van der Waals surface area contributed by atoms with Gasteiger partial charge in [0.05, 0.1) is 23.7 Å². The molecule has 0 radical (unpaired) electrons. The number of benzene rings is 2. The van der Waals surface area contributed by atoms with Crippen LogP contribution in [0.25, 0.3) is 22.0 Å². The first-order chi connectivity index (χ1) is 18.4. The van der Waals surface area contributed by atoms with Crippen LogP contribution < -0.4 is 10.6 Å². The lowest BCUT2D eigenvalue weighted by Gasteiger charge is -2.40. The minimum Gasteiger partial charge on any atom is -0.390 e. The van der Waals surface area contributed by atoms with E-state index in [0.29, 0.717) is 6.07 Å². The molecule has 1 N–H and O–H groups in total. The Morgan fingerprint density at radius 1 is 1.21 bits per heavy atom. The monoisotopic (exact) mass is 566 g/mol. The molecular formula is C26H23F5N4O3S. The molecule has 1 fully saturated rings. The lowest BCUT2D eigenvalue weighted by Crippen LogP contribution is -2.54. The number of halogens is 5. The summed E-state index contributed by atoms with van der Waals surface area (Å²) in [5.41, 5.74) is -2.91. The first kappa shape index (κ1) is 27.1. The van der Waals surface area contributed by atoms with E-state index in [-0.39, 0.29) is 59.5 Å². The van der Waals surface area contributed by atoms with Crippen LogP contribution in [0.3, 0.4) is 0 Å². The number of piperazine rings is 1. The van der Waals surface area contributed by atoms with Gasteiger partial charge in [-0.3, -0.25) is 9.36 Å². The zero-order chi connectivity index (χ0) is 28.2. The molecule has 0 aliphatic carbocycles. The Morgan fingerprint density at radius 2 is 1.95 bits per heavy atom. The molecule has 1 saturated heterocycles. The third kappa shape index (κ3) is 4.78. The number of aromatic nitrogens is 2. The molecule has 7 nitrogen and oxygen atoms in total. The molecule has 2 aromatic carbocycles. The molecular weight excluding hydrogens is 543 g/mol. The summed E-state index contributed by atoms with van der Waals surface area (Å²) < 4.78 is 73.5. The maximum absolute atomic E-state index is 15.0. The van der Waals surface area contributed by atoms with Crippen LogP contribution >= 0.6 is 11.8 Å². The second-order valence-corrected chi connectivity index (χ2v) is 10.5. The zero-order valence-electron chi connectivity index (χ0n) is 20.6. The number of aliphatic hydroxyl groups excluding tert-OH is 1. The van der Waals surface area contributed by atoms with Crippen LogP contribution in [-0.4, -0.2) is 63.0 Å². The summed E-state index contributed by atoms with van der Waals surface area (Å²) >= 11 is 0.866. The molecule has 39 heavy (non-hydrogen) atoms. The van der Waals surface area contributed by atoms with E-state index in [1.54, 1.807) is 16.7 Å². The van der Waals surface area contributed by atoms with Gasteiger partial charge in [-0.2, -0.15) is 18.2 Å².